The minimum Gasteiger partial charge on any atom is -0.274 e. The second-order valence-electron chi connectivity index (χ2n) is 4.99. The van der Waals surface area contributed by atoms with Gasteiger partial charge in [0.05, 0.1) is 5.92 Å². The van der Waals surface area contributed by atoms with Crippen molar-refractivity contribution in [1.29, 1.82) is 0 Å². The number of benzene rings is 1. The topological polar surface area (TPSA) is 50.3 Å². The van der Waals surface area contributed by atoms with Gasteiger partial charge in [0.1, 0.15) is 5.82 Å². The van der Waals surface area contributed by atoms with Crippen LogP contribution in [0.5, 0.6) is 0 Å². The molecule has 1 aliphatic heterocycles. The molecular weight excluding hydrogens is 288 g/mol. The molecule has 0 bridgehead atoms. The van der Waals surface area contributed by atoms with Gasteiger partial charge in [0.2, 0.25) is 11.8 Å². The molecule has 1 fully saturated rings. The maximum atomic E-state index is 12.4. The summed E-state index contributed by atoms with van der Waals surface area (Å²) in [6.07, 6.45) is 2.32. The van der Waals surface area contributed by atoms with Gasteiger partial charge in [-0.1, -0.05) is 29.8 Å². The SMILES string of the molecule is O=C1C[C@@H](Cc2ccc(Cl)cc2)C(=O)N1c1ccccn1. The highest BCUT2D eigenvalue weighted by Crippen LogP contribution is 2.27. The molecule has 4 nitrogen and oxygen atoms in total. The van der Waals surface area contributed by atoms with Gasteiger partial charge in [-0.3, -0.25) is 9.59 Å². The fourth-order valence-electron chi connectivity index (χ4n) is 2.49. The van der Waals surface area contributed by atoms with Crippen molar-refractivity contribution in [3.63, 3.8) is 0 Å². The van der Waals surface area contributed by atoms with Gasteiger partial charge in [-0.15, -0.1) is 0 Å². The second kappa shape index (κ2) is 5.66. The van der Waals surface area contributed by atoms with Crippen LogP contribution in [0.2, 0.25) is 5.02 Å². The average Bonchev–Trinajstić information content (AvgIpc) is 2.77. The van der Waals surface area contributed by atoms with E-state index in [1.165, 1.54) is 4.90 Å². The van der Waals surface area contributed by atoms with E-state index in [0.717, 1.165) is 5.56 Å². The summed E-state index contributed by atoms with van der Waals surface area (Å²) in [5, 5.41) is 0.655. The van der Waals surface area contributed by atoms with E-state index in [-0.39, 0.29) is 24.2 Å². The lowest BCUT2D eigenvalue weighted by molar-refractivity contribution is -0.122. The van der Waals surface area contributed by atoms with Crippen LogP contribution in [-0.2, 0) is 16.0 Å². The summed E-state index contributed by atoms with van der Waals surface area (Å²) in [4.78, 5) is 29.8. The number of nitrogens with zero attached hydrogens (tertiary/aromatic N) is 2. The first-order valence-electron chi connectivity index (χ1n) is 6.67. The molecule has 0 saturated carbocycles. The maximum absolute atomic E-state index is 12.4. The lowest BCUT2D eigenvalue weighted by Crippen LogP contribution is -2.31. The van der Waals surface area contributed by atoms with Crippen LogP contribution in [0.1, 0.15) is 12.0 Å². The van der Waals surface area contributed by atoms with Gasteiger partial charge in [-0.05, 0) is 36.2 Å². The number of hydrogen-bond acceptors (Lipinski definition) is 3. The first kappa shape index (κ1) is 13.8. The number of anilines is 1. The molecule has 0 radical (unpaired) electrons. The number of halogens is 1. The van der Waals surface area contributed by atoms with E-state index in [1.807, 2.05) is 12.1 Å². The molecule has 2 heterocycles. The molecule has 5 heteroatoms. The highest BCUT2D eigenvalue weighted by atomic mass is 35.5. The molecule has 2 aromatic rings. The van der Waals surface area contributed by atoms with E-state index in [0.29, 0.717) is 17.3 Å². The average molecular weight is 301 g/mol. The number of carbonyl (C=O) groups excluding carboxylic acids is 2. The molecule has 1 aromatic heterocycles. The molecule has 2 amide bonds. The predicted octanol–water partition coefficient (Wildman–Crippen LogP) is 2.86. The minimum atomic E-state index is -0.333. The summed E-state index contributed by atoms with van der Waals surface area (Å²) in [7, 11) is 0. The number of carbonyl (C=O) groups is 2. The standard InChI is InChI=1S/C16H13ClN2O2/c17-13-6-4-11(5-7-13)9-12-10-15(20)19(16(12)21)14-3-1-2-8-18-14/h1-8,12H,9-10H2/t12-/m1/s1. The molecule has 21 heavy (non-hydrogen) atoms. The van der Waals surface area contributed by atoms with Crippen LogP contribution in [0.4, 0.5) is 5.82 Å². The van der Waals surface area contributed by atoms with Crippen LogP contribution in [0, 0.1) is 5.92 Å². The van der Waals surface area contributed by atoms with E-state index in [4.69, 9.17) is 11.6 Å². The van der Waals surface area contributed by atoms with Crippen molar-refractivity contribution < 1.29 is 9.59 Å². The molecule has 0 spiro atoms. The van der Waals surface area contributed by atoms with Crippen LogP contribution in [0.25, 0.3) is 0 Å². The van der Waals surface area contributed by atoms with Crippen LogP contribution >= 0.6 is 11.6 Å². The Labute approximate surface area is 127 Å². The van der Waals surface area contributed by atoms with E-state index in [1.54, 1.807) is 36.5 Å². The van der Waals surface area contributed by atoms with Gasteiger partial charge in [-0.25, -0.2) is 9.88 Å². The molecule has 106 valence electrons. The van der Waals surface area contributed by atoms with Crippen molar-refractivity contribution in [3.8, 4) is 0 Å². The molecule has 1 atom stereocenters. The predicted molar refractivity (Wildman–Crippen MR) is 80.0 cm³/mol. The Bertz CT molecular complexity index is 670. The van der Waals surface area contributed by atoms with Crippen LogP contribution in [-0.4, -0.2) is 16.8 Å². The van der Waals surface area contributed by atoms with Gasteiger partial charge < -0.3 is 0 Å². The zero-order chi connectivity index (χ0) is 14.8. The quantitative estimate of drug-likeness (QED) is 0.819. The fraction of sp³-hybridized carbons (Fsp3) is 0.188. The van der Waals surface area contributed by atoms with Crippen molar-refractivity contribution >= 4 is 29.2 Å². The molecule has 0 aliphatic carbocycles. The van der Waals surface area contributed by atoms with Crippen LogP contribution in [0.15, 0.2) is 48.7 Å². The van der Waals surface area contributed by atoms with E-state index in [2.05, 4.69) is 4.98 Å². The number of hydrogen-bond donors (Lipinski definition) is 0. The Kier molecular flexibility index (Phi) is 3.71. The molecule has 3 rings (SSSR count). The summed E-state index contributed by atoms with van der Waals surface area (Å²) < 4.78 is 0. The monoisotopic (exact) mass is 300 g/mol. The Morgan fingerprint density at radius 2 is 1.90 bits per heavy atom. The zero-order valence-electron chi connectivity index (χ0n) is 11.2. The highest BCUT2D eigenvalue weighted by molar-refractivity contribution is 6.30. The molecule has 1 aliphatic rings. The summed E-state index contributed by atoms with van der Waals surface area (Å²) in [5.74, 6) is -0.321. The summed E-state index contributed by atoms with van der Waals surface area (Å²) in [6.45, 7) is 0. The van der Waals surface area contributed by atoms with Crippen molar-refractivity contribution in [2.75, 3.05) is 4.90 Å². The first-order chi connectivity index (χ1) is 10.1. The number of pyridine rings is 1. The van der Waals surface area contributed by atoms with E-state index < -0.39 is 0 Å². The van der Waals surface area contributed by atoms with E-state index >= 15 is 0 Å². The number of aromatic nitrogens is 1. The third-order valence-corrected chi connectivity index (χ3v) is 3.77. The number of amides is 2. The van der Waals surface area contributed by atoms with Crippen LogP contribution < -0.4 is 4.90 Å². The first-order valence-corrected chi connectivity index (χ1v) is 7.05. The summed E-state index contributed by atoms with van der Waals surface area (Å²) in [6, 6.07) is 12.5. The van der Waals surface area contributed by atoms with Gasteiger partial charge in [0.25, 0.3) is 0 Å². The molecule has 1 saturated heterocycles. The smallest absolute Gasteiger partial charge is 0.238 e. The number of imide groups is 1. The molecule has 0 unspecified atom stereocenters. The van der Waals surface area contributed by atoms with Gasteiger partial charge in [0.15, 0.2) is 0 Å². The molecule has 1 aromatic carbocycles. The van der Waals surface area contributed by atoms with Gasteiger partial charge >= 0.3 is 0 Å². The van der Waals surface area contributed by atoms with Crippen molar-refractivity contribution in [2.24, 2.45) is 5.92 Å². The largest absolute Gasteiger partial charge is 0.274 e. The van der Waals surface area contributed by atoms with Crippen LogP contribution in [0.3, 0.4) is 0 Å². The van der Waals surface area contributed by atoms with Crippen molar-refractivity contribution in [3.05, 3.63) is 59.2 Å². The Morgan fingerprint density at radius 3 is 2.57 bits per heavy atom. The Morgan fingerprint density at radius 1 is 1.14 bits per heavy atom. The van der Waals surface area contributed by atoms with Gasteiger partial charge in [-0.2, -0.15) is 0 Å². The normalized spacial score (nSPS) is 18.3. The van der Waals surface area contributed by atoms with E-state index in [9.17, 15) is 9.59 Å². The maximum Gasteiger partial charge on any atom is 0.238 e. The Hall–Kier alpha value is -2.20. The molecular formula is C16H13ClN2O2. The highest BCUT2D eigenvalue weighted by Gasteiger charge is 2.39. The third-order valence-electron chi connectivity index (χ3n) is 3.51. The summed E-state index contributed by atoms with van der Waals surface area (Å²) in [5.41, 5.74) is 0.994. The summed E-state index contributed by atoms with van der Waals surface area (Å²) >= 11 is 5.85. The number of rotatable bonds is 3. The van der Waals surface area contributed by atoms with Gasteiger partial charge in [0, 0.05) is 17.6 Å². The lowest BCUT2D eigenvalue weighted by Gasteiger charge is -2.13. The van der Waals surface area contributed by atoms with Crippen molar-refractivity contribution in [1.82, 2.24) is 4.98 Å². The lowest BCUT2D eigenvalue weighted by atomic mass is 9.98. The Balaban J connectivity index is 1.79. The third kappa shape index (κ3) is 2.81. The second-order valence-corrected chi connectivity index (χ2v) is 5.42. The zero-order valence-corrected chi connectivity index (χ0v) is 12.0. The van der Waals surface area contributed by atoms with Crippen molar-refractivity contribution in [2.45, 2.75) is 12.8 Å². The fourth-order valence-corrected chi connectivity index (χ4v) is 2.61. The molecule has 0 N–H and O–H groups in total. The minimum absolute atomic E-state index is 0.186.